The average Bonchev–Trinajstić information content (AvgIpc) is 2.35. The van der Waals surface area contributed by atoms with Crippen molar-refractivity contribution in [2.24, 2.45) is 11.8 Å². The number of nitrogens with one attached hydrogen (secondary N) is 1. The predicted octanol–water partition coefficient (Wildman–Crippen LogP) is 2.15. The molecule has 1 fully saturated rings. The van der Waals surface area contributed by atoms with E-state index in [1.807, 2.05) is 18.3 Å². The van der Waals surface area contributed by atoms with Crippen LogP contribution in [0.4, 0.5) is 0 Å². The van der Waals surface area contributed by atoms with Gasteiger partial charge in [-0.05, 0) is 30.4 Å². The van der Waals surface area contributed by atoms with Crippen molar-refractivity contribution in [1.29, 1.82) is 0 Å². The highest BCUT2D eigenvalue weighted by Crippen LogP contribution is 2.20. The third-order valence-electron chi connectivity index (χ3n) is 3.58. The number of likely N-dealkylation sites (tertiary alicyclic amines) is 1. The minimum Gasteiger partial charge on any atom is -0.310 e. The molecule has 2 unspecified atom stereocenters. The summed E-state index contributed by atoms with van der Waals surface area (Å²) in [7, 11) is 0. The second kappa shape index (κ2) is 6.86. The molecule has 0 aromatic carbocycles. The number of rotatable bonds is 5. The number of pyridine rings is 1. The molecule has 1 saturated heterocycles. The van der Waals surface area contributed by atoms with Crippen LogP contribution in [-0.4, -0.2) is 36.1 Å². The zero-order valence-corrected chi connectivity index (χ0v) is 11.6. The van der Waals surface area contributed by atoms with Crippen LogP contribution in [0.2, 0.25) is 0 Å². The normalized spacial score (nSPS) is 25.2. The van der Waals surface area contributed by atoms with Crippen LogP contribution in [0.3, 0.4) is 0 Å². The molecule has 1 aliphatic heterocycles. The van der Waals surface area contributed by atoms with Crippen molar-refractivity contribution in [3.05, 3.63) is 30.1 Å². The Labute approximate surface area is 111 Å². The summed E-state index contributed by atoms with van der Waals surface area (Å²) < 4.78 is 0. The molecule has 100 valence electrons. The number of hydrogen-bond acceptors (Lipinski definition) is 3. The van der Waals surface area contributed by atoms with Crippen molar-refractivity contribution in [1.82, 2.24) is 15.2 Å². The van der Waals surface area contributed by atoms with Crippen LogP contribution in [0.15, 0.2) is 24.4 Å². The maximum Gasteiger partial charge on any atom is 0.0541 e. The van der Waals surface area contributed by atoms with E-state index in [2.05, 4.69) is 35.1 Å². The molecule has 1 aliphatic rings. The number of aromatic nitrogens is 1. The lowest BCUT2D eigenvalue weighted by Gasteiger charge is -2.34. The third kappa shape index (κ3) is 4.39. The molecule has 3 nitrogen and oxygen atoms in total. The van der Waals surface area contributed by atoms with Crippen LogP contribution in [0.25, 0.3) is 0 Å². The lowest BCUT2D eigenvalue weighted by atomic mass is 9.92. The second-order valence-corrected chi connectivity index (χ2v) is 5.70. The predicted molar refractivity (Wildman–Crippen MR) is 75.3 cm³/mol. The van der Waals surface area contributed by atoms with Crippen molar-refractivity contribution >= 4 is 0 Å². The Morgan fingerprint density at radius 1 is 1.28 bits per heavy atom. The summed E-state index contributed by atoms with van der Waals surface area (Å²) in [6.45, 7) is 10.3. The number of hydrogen-bond donors (Lipinski definition) is 1. The van der Waals surface area contributed by atoms with E-state index in [4.69, 9.17) is 0 Å². The molecule has 2 rings (SSSR count). The van der Waals surface area contributed by atoms with Crippen molar-refractivity contribution in [3.63, 3.8) is 0 Å². The Morgan fingerprint density at radius 3 is 2.72 bits per heavy atom. The largest absolute Gasteiger partial charge is 0.310 e. The van der Waals surface area contributed by atoms with Gasteiger partial charge in [-0.3, -0.25) is 4.98 Å². The lowest BCUT2D eigenvalue weighted by molar-refractivity contribution is 0.142. The summed E-state index contributed by atoms with van der Waals surface area (Å²) in [5, 5.41) is 3.47. The van der Waals surface area contributed by atoms with Gasteiger partial charge in [-0.15, -0.1) is 0 Å². The van der Waals surface area contributed by atoms with E-state index in [9.17, 15) is 0 Å². The molecule has 18 heavy (non-hydrogen) atoms. The SMILES string of the molecule is CC1CC(C)CN(CCNCc2ccccn2)C1. The monoisotopic (exact) mass is 247 g/mol. The first-order valence-electron chi connectivity index (χ1n) is 7.07. The smallest absolute Gasteiger partial charge is 0.0541 e. The van der Waals surface area contributed by atoms with E-state index < -0.39 is 0 Å². The summed E-state index contributed by atoms with van der Waals surface area (Å²) in [6, 6.07) is 6.07. The Bertz CT molecular complexity index is 329. The van der Waals surface area contributed by atoms with E-state index in [1.54, 1.807) is 0 Å². The van der Waals surface area contributed by atoms with Gasteiger partial charge in [0, 0.05) is 38.9 Å². The first-order valence-corrected chi connectivity index (χ1v) is 7.07. The van der Waals surface area contributed by atoms with Crippen LogP contribution in [0, 0.1) is 11.8 Å². The minimum absolute atomic E-state index is 0.851. The molecule has 2 atom stereocenters. The van der Waals surface area contributed by atoms with Gasteiger partial charge in [-0.25, -0.2) is 0 Å². The summed E-state index contributed by atoms with van der Waals surface area (Å²) in [4.78, 5) is 6.90. The van der Waals surface area contributed by atoms with Crippen molar-refractivity contribution in [3.8, 4) is 0 Å². The third-order valence-corrected chi connectivity index (χ3v) is 3.58. The number of nitrogens with zero attached hydrogens (tertiary/aromatic N) is 2. The lowest BCUT2D eigenvalue weighted by Crippen LogP contribution is -2.42. The van der Waals surface area contributed by atoms with Gasteiger partial charge in [0.05, 0.1) is 5.69 Å². The van der Waals surface area contributed by atoms with Crippen LogP contribution in [-0.2, 0) is 6.54 Å². The van der Waals surface area contributed by atoms with Gasteiger partial charge in [0.2, 0.25) is 0 Å². The summed E-state index contributed by atoms with van der Waals surface area (Å²) in [6.07, 6.45) is 3.24. The van der Waals surface area contributed by atoms with Crippen molar-refractivity contribution < 1.29 is 0 Å². The molecular weight excluding hydrogens is 222 g/mol. The first kappa shape index (κ1) is 13.5. The van der Waals surface area contributed by atoms with E-state index in [0.29, 0.717) is 0 Å². The van der Waals surface area contributed by atoms with Crippen LogP contribution >= 0.6 is 0 Å². The van der Waals surface area contributed by atoms with Gasteiger partial charge in [0.1, 0.15) is 0 Å². The van der Waals surface area contributed by atoms with E-state index >= 15 is 0 Å². The fraction of sp³-hybridized carbons (Fsp3) is 0.667. The highest BCUT2D eigenvalue weighted by molar-refractivity contribution is 5.02. The zero-order chi connectivity index (χ0) is 12.8. The molecule has 0 radical (unpaired) electrons. The Kier molecular flexibility index (Phi) is 5.14. The average molecular weight is 247 g/mol. The first-order chi connectivity index (χ1) is 8.74. The molecule has 0 bridgehead atoms. The minimum atomic E-state index is 0.851. The molecular formula is C15H25N3. The van der Waals surface area contributed by atoms with E-state index in [0.717, 1.165) is 37.2 Å². The summed E-state index contributed by atoms with van der Waals surface area (Å²) in [5.74, 6) is 1.70. The molecule has 1 aromatic heterocycles. The van der Waals surface area contributed by atoms with Crippen LogP contribution in [0.1, 0.15) is 26.0 Å². The van der Waals surface area contributed by atoms with Gasteiger partial charge in [-0.2, -0.15) is 0 Å². The fourth-order valence-electron chi connectivity index (χ4n) is 2.93. The Morgan fingerprint density at radius 2 is 2.06 bits per heavy atom. The molecule has 0 spiro atoms. The summed E-state index contributed by atoms with van der Waals surface area (Å²) in [5.41, 5.74) is 1.12. The highest BCUT2D eigenvalue weighted by Gasteiger charge is 2.20. The van der Waals surface area contributed by atoms with Gasteiger partial charge in [0.25, 0.3) is 0 Å². The van der Waals surface area contributed by atoms with E-state index in [1.165, 1.54) is 19.5 Å². The number of piperidine rings is 1. The molecule has 3 heteroatoms. The second-order valence-electron chi connectivity index (χ2n) is 5.70. The van der Waals surface area contributed by atoms with E-state index in [-0.39, 0.29) is 0 Å². The quantitative estimate of drug-likeness (QED) is 0.808. The van der Waals surface area contributed by atoms with Gasteiger partial charge < -0.3 is 10.2 Å². The van der Waals surface area contributed by atoms with Crippen molar-refractivity contribution in [2.75, 3.05) is 26.2 Å². The van der Waals surface area contributed by atoms with Gasteiger partial charge in [0.15, 0.2) is 0 Å². The molecule has 1 aromatic rings. The van der Waals surface area contributed by atoms with Crippen LogP contribution in [0.5, 0.6) is 0 Å². The topological polar surface area (TPSA) is 28.2 Å². The molecule has 0 saturated carbocycles. The fourth-order valence-corrected chi connectivity index (χ4v) is 2.93. The highest BCUT2D eigenvalue weighted by atomic mass is 15.1. The molecule has 0 aliphatic carbocycles. The molecule has 2 heterocycles. The van der Waals surface area contributed by atoms with Gasteiger partial charge in [-0.1, -0.05) is 19.9 Å². The Hall–Kier alpha value is -0.930. The zero-order valence-electron chi connectivity index (χ0n) is 11.6. The maximum atomic E-state index is 4.31. The van der Waals surface area contributed by atoms with Gasteiger partial charge >= 0.3 is 0 Å². The summed E-state index contributed by atoms with van der Waals surface area (Å²) >= 11 is 0. The van der Waals surface area contributed by atoms with Crippen LogP contribution < -0.4 is 5.32 Å². The maximum absolute atomic E-state index is 4.31. The molecule has 1 N–H and O–H groups in total. The molecule has 0 amide bonds. The van der Waals surface area contributed by atoms with Crippen molar-refractivity contribution in [2.45, 2.75) is 26.8 Å². The standard InChI is InChI=1S/C15H25N3/c1-13-9-14(2)12-18(11-13)8-7-16-10-15-5-3-4-6-17-15/h3-6,13-14,16H,7-12H2,1-2H3. The Balaban J connectivity index is 1.63.